The van der Waals surface area contributed by atoms with E-state index >= 15 is 0 Å². The number of carbonyl (C=O) groups is 1. The first-order chi connectivity index (χ1) is 11.3. The molecular formula is C17H27N5O. The molecule has 23 heavy (non-hydrogen) atoms. The van der Waals surface area contributed by atoms with Crippen LogP contribution >= 0.6 is 0 Å². The zero-order chi connectivity index (χ0) is 15.7. The van der Waals surface area contributed by atoms with Crippen molar-refractivity contribution in [2.45, 2.75) is 44.7 Å². The first-order valence-corrected chi connectivity index (χ1v) is 8.99. The summed E-state index contributed by atoms with van der Waals surface area (Å²) >= 11 is 0. The highest BCUT2D eigenvalue weighted by molar-refractivity contribution is 5.75. The standard InChI is InChI=1S/C17H27N5O/c23-16(20-15-12-17(15)4-7-18-8-5-17)21-10-2-14(3-11-21)13-22-9-1-6-19-22/h1,6,9,14-15,18H,2-5,7-8,10-13H2,(H,20,23). The molecule has 6 nitrogen and oxygen atoms in total. The maximum atomic E-state index is 12.5. The summed E-state index contributed by atoms with van der Waals surface area (Å²) in [5, 5.41) is 11.0. The van der Waals surface area contributed by atoms with Gasteiger partial charge in [-0.05, 0) is 62.6 Å². The highest BCUT2D eigenvalue weighted by Crippen LogP contribution is 2.52. The summed E-state index contributed by atoms with van der Waals surface area (Å²) < 4.78 is 2.01. The van der Waals surface area contributed by atoms with Crippen molar-refractivity contribution in [3.05, 3.63) is 18.5 Å². The van der Waals surface area contributed by atoms with Gasteiger partial charge in [-0.15, -0.1) is 0 Å². The molecule has 126 valence electrons. The van der Waals surface area contributed by atoms with Crippen LogP contribution in [0.3, 0.4) is 0 Å². The van der Waals surface area contributed by atoms with Crippen LogP contribution in [0.5, 0.6) is 0 Å². The van der Waals surface area contributed by atoms with E-state index in [0.29, 0.717) is 17.4 Å². The Balaban J connectivity index is 1.22. The molecular weight excluding hydrogens is 290 g/mol. The van der Waals surface area contributed by atoms with Gasteiger partial charge in [0.15, 0.2) is 0 Å². The summed E-state index contributed by atoms with van der Waals surface area (Å²) in [6.45, 7) is 4.93. The average molecular weight is 317 g/mol. The molecule has 3 heterocycles. The van der Waals surface area contributed by atoms with E-state index in [1.807, 2.05) is 28.0 Å². The third-order valence-electron chi connectivity index (χ3n) is 5.99. The molecule has 2 N–H and O–H groups in total. The van der Waals surface area contributed by atoms with Crippen LogP contribution in [0.15, 0.2) is 18.5 Å². The summed E-state index contributed by atoms with van der Waals surface area (Å²) in [4.78, 5) is 14.5. The normalized spacial score (nSPS) is 27.1. The number of carbonyl (C=O) groups excluding carboxylic acids is 1. The minimum atomic E-state index is 0.156. The second-order valence-electron chi connectivity index (χ2n) is 7.48. The van der Waals surface area contributed by atoms with Gasteiger partial charge in [0.1, 0.15) is 0 Å². The first-order valence-electron chi connectivity index (χ1n) is 8.99. The predicted octanol–water partition coefficient (Wildman–Crippen LogP) is 1.45. The van der Waals surface area contributed by atoms with E-state index in [0.717, 1.165) is 45.6 Å². The SMILES string of the molecule is O=C(NC1CC12CCNCC2)N1CCC(Cn2cccn2)CC1. The number of hydrogen-bond acceptors (Lipinski definition) is 3. The highest BCUT2D eigenvalue weighted by atomic mass is 16.2. The Morgan fingerprint density at radius 3 is 2.78 bits per heavy atom. The number of likely N-dealkylation sites (tertiary alicyclic amines) is 1. The second kappa shape index (κ2) is 6.15. The Morgan fingerprint density at radius 1 is 1.30 bits per heavy atom. The van der Waals surface area contributed by atoms with Crippen LogP contribution in [0.4, 0.5) is 4.79 Å². The van der Waals surface area contributed by atoms with Gasteiger partial charge in [0.2, 0.25) is 0 Å². The Hall–Kier alpha value is -1.56. The van der Waals surface area contributed by atoms with Gasteiger partial charge in [0.25, 0.3) is 0 Å². The van der Waals surface area contributed by atoms with Crippen molar-refractivity contribution in [3.8, 4) is 0 Å². The maximum absolute atomic E-state index is 12.5. The minimum Gasteiger partial charge on any atom is -0.335 e. The number of piperidine rings is 2. The van der Waals surface area contributed by atoms with Crippen molar-refractivity contribution >= 4 is 6.03 Å². The Labute approximate surface area is 137 Å². The van der Waals surface area contributed by atoms with Crippen LogP contribution < -0.4 is 10.6 Å². The number of urea groups is 1. The van der Waals surface area contributed by atoms with E-state index in [9.17, 15) is 4.79 Å². The molecule has 2 aliphatic heterocycles. The topological polar surface area (TPSA) is 62.2 Å². The summed E-state index contributed by atoms with van der Waals surface area (Å²) in [6.07, 6.45) is 9.60. The average Bonchev–Trinajstić information content (AvgIpc) is 2.99. The van der Waals surface area contributed by atoms with Crippen molar-refractivity contribution in [2.75, 3.05) is 26.2 Å². The number of hydrogen-bond donors (Lipinski definition) is 2. The lowest BCUT2D eigenvalue weighted by molar-refractivity contribution is 0.162. The number of amides is 2. The van der Waals surface area contributed by atoms with Crippen LogP contribution in [-0.2, 0) is 6.54 Å². The molecule has 1 spiro atoms. The van der Waals surface area contributed by atoms with Crippen LogP contribution in [-0.4, -0.2) is 52.9 Å². The van der Waals surface area contributed by atoms with Crippen molar-refractivity contribution in [3.63, 3.8) is 0 Å². The third kappa shape index (κ3) is 3.22. The van der Waals surface area contributed by atoms with E-state index in [4.69, 9.17) is 0 Å². The van der Waals surface area contributed by atoms with E-state index < -0.39 is 0 Å². The number of rotatable bonds is 3. The molecule has 4 rings (SSSR count). The largest absolute Gasteiger partial charge is 0.335 e. The van der Waals surface area contributed by atoms with Gasteiger partial charge in [0.05, 0.1) is 0 Å². The molecule has 3 aliphatic rings. The fraction of sp³-hybridized carbons (Fsp3) is 0.765. The summed E-state index contributed by atoms with van der Waals surface area (Å²) in [5.74, 6) is 0.635. The summed E-state index contributed by atoms with van der Waals surface area (Å²) in [5.41, 5.74) is 0.416. The van der Waals surface area contributed by atoms with Gasteiger partial charge in [0, 0.05) is 38.1 Å². The van der Waals surface area contributed by atoms with E-state index in [2.05, 4.69) is 15.7 Å². The zero-order valence-corrected chi connectivity index (χ0v) is 13.7. The van der Waals surface area contributed by atoms with Crippen LogP contribution in [0.1, 0.15) is 32.1 Å². The summed E-state index contributed by atoms with van der Waals surface area (Å²) in [7, 11) is 0. The number of nitrogens with zero attached hydrogens (tertiary/aromatic N) is 3. The van der Waals surface area contributed by atoms with Gasteiger partial charge < -0.3 is 15.5 Å². The summed E-state index contributed by atoms with van der Waals surface area (Å²) in [6, 6.07) is 2.54. The van der Waals surface area contributed by atoms with Crippen LogP contribution in [0, 0.1) is 11.3 Å². The molecule has 1 atom stereocenters. The fourth-order valence-corrected chi connectivity index (χ4v) is 4.26. The Bertz CT molecular complexity index is 529. The molecule has 1 saturated carbocycles. The molecule has 1 aliphatic carbocycles. The quantitative estimate of drug-likeness (QED) is 0.887. The molecule has 2 amide bonds. The third-order valence-corrected chi connectivity index (χ3v) is 5.99. The molecule has 3 fully saturated rings. The molecule has 1 aromatic rings. The van der Waals surface area contributed by atoms with E-state index in [1.165, 1.54) is 19.3 Å². The van der Waals surface area contributed by atoms with Gasteiger partial charge in [-0.25, -0.2) is 4.79 Å². The number of aromatic nitrogens is 2. The molecule has 0 radical (unpaired) electrons. The predicted molar refractivity (Wildman–Crippen MR) is 88.0 cm³/mol. The smallest absolute Gasteiger partial charge is 0.317 e. The molecule has 2 saturated heterocycles. The van der Waals surface area contributed by atoms with Crippen molar-refractivity contribution in [2.24, 2.45) is 11.3 Å². The van der Waals surface area contributed by atoms with Gasteiger partial charge >= 0.3 is 6.03 Å². The Kier molecular flexibility index (Phi) is 4.01. The lowest BCUT2D eigenvalue weighted by Crippen LogP contribution is -2.47. The van der Waals surface area contributed by atoms with Crippen LogP contribution in [0.25, 0.3) is 0 Å². The van der Waals surface area contributed by atoms with Crippen molar-refractivity contribution in [1.29, 1.82) is 0 Å². The van der Waals surface area contributed by atoms with Gasteiger partial charge in [-0.3, -0.25) is 4.68 Å². The molecule has 1 aromatic heterocycles. The van der Waals surface area contributed by atoms with Crippen molar-refractivity contribution in [1.82, 2.24) is 25.3 Å². The highest BCUT2D eigenvalue weighted by Gasteiger charge is 2.54. The molecule has 6 heteroatoms. The fourth-order valence-electron chi connectivity index (χ4n) is 4.26. The maximum Gasteiger partial charge on any atom is 0.317 e. The van der Waals surface area contributed by atoms with Gasteiger partial charge in [-0.1, -0.05) is 0 Å². The van der Waals surface area contributed by atoms with Gasteiger partial charge in [-0.2, -0.15) is 5.10 Å². The first kappa shape index (κ1) is 15.0. The van der Waals surface area contributed by atoms with Crippen molar-refractivity contribution < 1.29 is 4.79 Å². The second-order valence-corrected chi connectivity index (χ2v) is 7.48. The lowest BCUT2D eigenvalue weighted by Gasteiger charge is -2.32. The van der Waals surface area contributed by atoms with E-state index in [-0.39, 0.29) is 6.03 Å². The molecule has 0 bridgehead atoms. The molecule has 1 unspecified atom stereocenters. The lowest BCUT2D eigenvalue weighted by atomic mass is 9.94. The van der Waals surface area contributed by atoms with E-state index in [1.54, 1.807) is 0 Å². The minimum absolute atomic E-state index is 0.156. The monoisotopic (exact) mass is 317 g/mol. The Morgan fingerprint density at radius 2 is 2.09 bits per heavy atom. The zero-order valence-electron chi connectivity index (χ0n) is 13.7. The molecule has 0 aromatic carbocycles. The number of nitrogens with one attached hydrogen (secondary N) is 2. The van der Waals surface area contributed by atoms with Crippen LogP contribution in [0.2, 0.25) is 0 Å².